The summed E-state index contributed by atoms with van der Waals surface area (Å²) in [6, 6.07) is 13.9. The second-order valence-electron chi connectivity index (χ2n) is 9.72. The van der Waals surface area contributed by atoms with Crippen LogP contribution in [0.3, 0.4) is 0 Å². The minimum atomic E-state index is -1.71. The zero-order chi connectivity index (χ0) is 26.7. The van der Waals surface area contributed by atoms with Crippen LogP contribution in [-0.4, -0.2) is 72.8 Å². The summed E-state index contributed by atoms with van der Waals surface area (Å²) < 4.78 is 5.64. The number of aliphatic hydroxyl groups excluding tert-OH is 1. The van der Waals surface area contributed by atoms with E-state index in [4.69, 9.17) is 4.74 Å². The molecule has 0 saturated carbocycles. The fourth-order valence-corrected chi connectivity index (χ4v) is 5.23. The molecular weight excluding hydrogens is 470 g/mol. The Balaban J connectivity index is 1.92. The van der Waals surface area contributed by atoms with Crippen molar-refractivity contribution in [3.05, 3.63) is 65.2 Å². The molecule has 0 aliphatic carbocycles. The Morgan fingerprint density at radius 1 is 0.973 bits per heavy atom. The van der Waals surface area contributed by atoms with Crippen LogP contribution in [0.5, 0.6) is 5.75 Å². The molecule has 1 spiro atoms. The highest BCUT2D eigenvalue weighted by atomic mass is 16.5. The van der Waals surface area contributed by atoms with E-state index in [2.05, 4.69) is 0 Å². The lowest BCUT2D eigenvalue weighted by atomic mass is 9.82. The summed E-state index contributed by atoms with van der Waals surface area (Å²) in [5.74, 6) is -1.74. The topological polar surface area (TPSA) is 90.4 Å². The highest BCUT2D eigenvalue weighted by molar-refractivity contribution is 6.50. The predicted octanol–water partition coefficient (Wildman–Crippen LogP) is 3.76. The van der Waals surface area contributed by atoms with Gasteiger partial charge in [-0.1, -0.05) is 32.0 Å². The molecule has 0 radical (unpaired) electrons. The molecule has 2 aromatic rings. The zero-order valence-corrected chi connectivity index (χ0v) is 22.0. The number of aliphatic hydroxyl groups is 1. The number of hydrogen-bond donors (Lipinski definition) is 1. The van der Waals surface area contributed by atoms with Crippen molar-refractivity contribution in [2.24, 2.45) is 0 Å². The van der Waals surface area contributed by atoms with E-state index in [0.717, 1.165) is 6.42 Å². The zero-order valence-electron chi connectivity index (χ0n) is 22.0. The average Bonchev–Trinajstić information content (AvgIpc) is 3.26. The molecule has 4 rings (SSSR count). The van der Waals surface area contributed by atoms with Crippen LogP contribution in [0.1, 0.15) is 44.2 Å². The number of ketones is 1. The molecule has 1 unspecified atom stereocenters. The third kappa shape index (κ3) is 4.39. The van der Waals surface area contributed by atoms with E-state index in [-0.39, 0.29) is 23.8 Å². The molecule has 2 aliphatic heterocycles. The van der Waals surface area contributed by atoms with Crippen molar-refractivity contribution in [2.75, 3.05) is 45.2 Å². The fourth-order valence-electron chi connectivity index (χ4n) is 5.23. The number of para-hydroxylation sites is 1. The molecule has 1 fully saturated rings. The van der Waals surface area contributed by atoms with Gasteiger partial charge in [-0.05, 0) is 70.2 Å². The monoisotopic (exact) mass is 505 g/mol. The molecule has 37 heavy (non-hydrogen) atoms. The molecule has 196 valence electrons. The van der Waals surface area contributed by atoms with Crippen LogP contribution in [0.2, 0.25) is 0 Å². The van der Waals surface area contributed by atoms with Crippen molar-refractivity contribution < 1.29 is 24.2 Å². The minimum Gasteiger partial charge on any atom is -0.507 e. The Labute approximate surface area is 218 Å². The van der Waals surface area contributed by atoms with Gasteiger partial charge in [0, 0.05) is 24.2 Å². The van der Waals surface area contributed by atoms with Gasteiger partial charge in [-0.3, -0.25) is 14.4 Å². The standard InChI is InChI=1S/C29H35N3O5/c1-5-16-31-23-11-8-7-10-22(23)29(28(31)36)24(26(34)27(35)32(29)18-9-17-30(3)4)25(33)20-12-14-21(15-13-20)37-19-6-2/h7-8,10-15,33H,5-6,9,16-19H2,1-4H3. The molecule has 8 nitrogen and oxygen atoms in total. The van der Waals surface area contributed by atoms with Crippen LogP contribution in [0.25, 0.3) is 5.76 Å². The first-order chi connectivity index (χ1) is 17.8. The Morgan fingerprint density at radius 3 is 2.32 bits per heavy atom. The Bertz CT molecular complexity index is 1220. The van der Waals surface area contributed by atoms with Crippen LogP contribution in [0, 0.1) is 0 Å². The normalized spacial score (nSPS) is 20.4. The highest BCUT2D eigenvalue weighted by Gasteiger charge is 2.66. The lowest BCUT2D eigenvalue weighted by Gasteiger charge is -2.34. The van der Waals surface area contributed by atoms with Gasteiger partial charge in [-0.15, -0.1) is 0 Å². The van der Waals surface area contributed by atoms with E-state index < -0.39 is 17.2 Å². The minimum absolute atomic E-state index is 0.180. The quantitative estimate of drug-likeness (QED) is 0.300. The molecule has 1 N–H and O–H groups in total. The second-order valence-corrected chi connectivity index (χ2v) is 9.72. The molecule has 1 saturated heterocycles. The number of ether oxygens (including phenoxy) is 1. The number of Topliss-reactive ketones (excluding diaryl/α,β-unsaturated/α-hetero) is 1. The smallest absolute Gasteiger partial charge is 0.296 e. The molecule has 1 atom stereocenters. The van der Waals surface area contributed by atoms with Crippen LogP contribution >= 0.6 is 0 Å². The number of nitrogens with zero attached hydrogens (tertiary/aromatic N) is 3. The van der Waals surface area contributed by atoms with Gasteiger partial charge >= 0.3 is 0 Å². The molecule has 2 heterocycles. The van der Waals surface area contributed by atoms with Gasteiger partial charge in [-0.2, -0.15) is 0 Å². The third-order valence-electron chi connectivity index (χ3n) is 6.84. The van der Waals surface area contributed by atoms with E-state index in [0.29, 0.717) is 55.1 Å². The van der Waals surface area contributed by atoms with Gasteiger partial charge in [0.15, 0.2) is 5.54 Å². The summed E-state index contributed by atoms with van der Waals surface area (Å²) in [4.78, 5) is 46.4. The third-order valence-corrected chi connectivity index (χ3v) is 6.84. The van der Waals surface area contributed by atoms with Crippen molar-refractivity contribution in [3.63, 3.8) is 0 Å². The van der Waals surface area contributed by atoms with Crippen molar-refractivity contribution >= 4 is 29.0 Å². The van der Waals surface area contributed by atoms with Crippen molar-refractivity contribution in [2.45, 2.75) is 38.6 Å². The van der Waals surface area contributed by atoms with E-state index in [1.54, 1.807) is 41.3 Å². The van der Waals surface area contributed by atoms with Crippen LogP contribution < -0.4 is 9.64 Å². The van der Waals surface area contributed by atoms with Crippen LogP contribution in [0.15, 0.2) is 54.1 Å². The summed E-state index contributed by atoms with van der Waals surface area (Å²) in [7, 11) is 3.85. The maximum absolute atomic E-state index is 14.3. The van der Waals surface area contributed by atoms with Crippen molar-refractivity contribution in [3.8, 4) is 5.75 Å². The largest absolute Gasteiger partial charge is 0.507 e. The molecule has 2 aliphatic rings. The van der Waals surface area contributed by atoms with E-state index in [9.17, 15) is 19.5 Å². The first-order valence-electron chi connectivity index (χ1n) is 12.9. The maximum Gasteiger partial charge on any atom is 0.296 e. The lowest BCUT2D eigenvalue weighted by molar-refractivity contribution is -0.143. The second kappa shape index (κ2) is 10.8. The van der Waals surface area contributed by atoms with Gasteiger partial charge in [-0.25, -0.2) is 0 Å². The maximum atomic E-state index is 14.3. The number of fused-ring (bicyclic) bond motifs is 2. The predicted molar refractivity (Wildman–Crippen MR) is 142 cm³/mol. The molecule has 0 aromatic heterocycles. The van der Waals surface area contributed by atoms with E-state index in [1.807, 2.05) is 45.0 Å². The van der Waals surface area contributed by atoms with E-state index >= 15 is 0 Å². The number of hydrogen-bond acceptors (Lipinski definition) is 6. The average molecular weight is 506 g/mol. The fraction of sp³-hybridized carbons (Fsp3) is 0.414. The Morgan fingerprint density at radius 2 is 1.68 bits per heavy atom. The van der Waals surface area contributed by atoms with E-state index in [1.165, 1.54) is 4.90 Å². The molecule has 2 aromatic carbocycles. The summed E-state index contributed by atoms with van der Waals surface area (Å²) in [6.45, 7) is 5.84. The first-order valence-corrected chi connectivity index (χ1v) is 12.9. The molecule has 8 heteroatoms. The summed E-state index contributed by atoms with van der Waals surface area (Å²) in [6.07, 6.45) is 2.12. The number of carbonyl (C=O) groups is 3. The summed E-state index contributed by atoms with van der Waals surface area (Å²) in [5.41, 5.74) is -0.354. The van der Waals surface area contributed by atoms with Crippen molar-refractivity contribution in [1.82, 2.24) is 9.80 Å². The number of rotatable bonds is 10. The molecular formula is C29H35N3O5. The summed E-state index contributed by atoms with van der Waals surface area (Å²) in [5, 5.41) is 11.6. The van der Waals surface area contributed by atoms with Crippen LogP contribution in [-0.2, 0) is 19.9 Å². The van der Waals surface area contributed by atoms with Gasteiger partial charge < -0.3 is 24.5 Å². The Kier molecular flexibility index (Phi) is 7.68. The first kappa shape index (κ1) is 26.4. The number of benzene rings is 2. The van der Waals surface area contributed by atoms with Gasteiger partial charge in [0.1, 0.15) is 11.5 Å². The number of anilines is 1. The summed E-state index contributed by atoms with van der Waals surface area (Å²) >= 11 is 0. The number of carbonyl (C=O) groups excluding carboxylic acids is 3. The van der Waals surface area contributed by atoms with Gasteiger partial charge in [0.05, 0.1) is 17.9 Å². The number of likely N-dealkylation sites (tertiary alicyclic amines) is 1. The molecule has 0 bridgehead atoms. The number of amides is 2. The van der Waals surface area contributed by atoms with Gasteiger partial charge in [0.25, 0.3) is 17.6 Å². The van der Waals surface area contributed by atoms with Crippen LogP contribution in [0.4, 0.5) is 5.69 Å². The lowest BCUT2D eigenvalue weighted by Crippen LogP contribution is -2.52. The van der Waals surface area contributed by atoms with Gasteiger partial charge in [0.2, 0.25) is 0 Å². The Hall–Kier alpha value is -3.65. The molecule has 2 amide bonds. The van der Waals surface area contributed by atoms with Crippen molar-refractivity contribution in [1.29, 1.82) is 0 Å². The SMILES string of the molecule is CCCOc1ccc(C(O)=C2C(=O)C(=O)N(CCCN(C)C)C23C(=O)N(CCC)c2ccccc23)cc1. The highest BCUT2D eigenvalue weighted by Crippen LogP contribution is 2.53.